The van der Waals surface area contributed by atoms with Gasteiger partial charge in [0.05, 0.1) is 24.6 Å². The number of carbonyl (C=O) groups excluding carboxylic acids is 1. The fraction of sp³-hybridized carbons (Fsp3) is 0.217. The molecule has 1 heterocycles. The number of fused-ring (bicyclic) bond motifs is 1. The number of carbonyl (C=O) groups is 2. The first-order valence-electron chi connectivity index (χ1n) is 10.5. The first-order valence-corrected chi connectivity index (χ1v) is 12.4. The number of pyridine rings is 1. The molecular weight excluding hydrogens is 492 g/mol. The van der Waals surface area contributed by atoms with Crippen LogP contribution in [0.15, 0.2) is 59.6 Å². The fourth-order valence-electron chi connectivity index (χ4n) is 3.34. The van der Waals surface area contributed by atoms with Crippen LogP contribution in [0.3, 0.4) is 0 Å². The maximum absolute atomic E-state index is 13.0. The van der Waals surface area contributed by atoms with Crippen LogP contribution in [0.25, 0.3) is 10.9 Å². The van der Waals surface area contributed by atoms with Gasteiger partial charge in [-0.2, -0.15) is 0 Å². The highest BCUT2D eigenvalue weighted by atomic mass is 32.2. The topological polar surface area (TPSA) is 147 Å². The van der Waals surface area contributed by atoms with E-state index < -0.39 is 28.5 Å². The summed E-state index contributed by atoms with van der Waals surface area (Å²) in [4.78, 5) is 26.3. The lowest BCUT2D eigenvalue weighted by Gasteiger charge is -2.17. The molecule has 0 saturated carbocycles. The second-order valence-corrected chi connectivity index (χ2v) is 9.50. The van der Waals surface area contributed by atoms with Crippen LogP contribution in [-0.2, 0) is 26.0 Å². The van der Waals surface area contributed by atoms with Gasteiger partial charge in [0.2, 0.25) is 10.0 Å². The van der Waals surface area contributed by atoms with Crippen molar-refractivity contribution in [3.8, 4) is 5.75 Å². The second kappa shape index (κ2) is 11.7. The summed E-state index contributed by atoms with van der Waals surface area (Å²) < 4.78 is 34.0. The number of ether oxygens (including phenoxy) is 1. The van der Waals surface area contributed by atoms with Gasteiger partial charge in [0.15, 0.2) is 5.11 Å². The van der Waals surface area contributed by atoms with Crippen LogP contribution >= 0.6 is 12.2 Å². The van der Waals surface area contributed by atoms with E-state index in [1.165, 1.54) is 18.2 Å². The summed E-state index contributed by atoms with van der Waals surface area (Å²) in [5, 5.41) is 15.9. The Morgan fingerprint density at radius 1 is 1.23 bits per heavy atom. The molecule has 10 nitrogen and oxygen atoms in total. The molecule has 0 saturated heterocycles. The van der Waals surface area contributed by atoms with Crippen molar-refractivity contribution in [1.82, 2.24) is 15.0 Å². The number of rotatable bonds is 11. The lowest BCUT2D eigenvalue weighted by molar-refractivity contribution is -0.138. The van der Waals surface area contributed by atoms with Crippen LogP contribution in [-0.4, -0.2) is 55.6 Å². The van der Waals surface area contributed by atoms with Crippen molar-refractivity contribution >= 4 is 56.2 Å². The zero-order valence-electron chi connectivity index (χ0n) is 18.7. The SMILES string of the molecule is CNC(=S)Nc1ccc(S(=O)(=O)NC(C=O)CC(=O)O)c(OCCc2cccc3ncccc23)c1. The minimum Gasteiger partial charge on any atom is -0.492 e. The molecule has 0 bridgehead atoms. The molecule has 184 valence electrons. The molecule has 2 aromatic carbocycles. The first kappa shape index (κ1) is 26.0. The van der Waals surface area contributed by atoms with Gasteiger partial charge in [-0.1, -0.05) is 18.2 Å². The van der Waals surface area contributed by atoms with E-state index >= 15 is 0 Å². The van der Waals surface area contributed by atoms with Crippen molar-refractivity contribution in [2.45, 2.75) is 23.8 Å². The van der Waals surface area contributed by atoms with E-state index in [-0.39, 0.29) is 23.5 Å². The van der Waals surface area contributed by atoms with E-state index in [1.54, 1.807) is 13.2 Å². The quantitative estimate of drug-likeness (QED) is 0.221. The van der Waals surface area contributed by atoms with E-state index in [2.05, 4.69) is 20.3 Å². The number of carboxylic acids is 1. The number of benzene rings is 2. The van der Waals surface area contributed by atoms with Crippen LogP contribution in [0, 0.1) is 0 Å². The lowest BCUT2D eigenvalue weighted by Crippen LogP contribution is -2.37. The molecule has 12 heteroatoms. The number of carboxylic acid groups (broad SMARTS) is 1. The highest BCUT2D eigenvalue weighted by Gasteiger charge is 2.25. The Morgan fingerprint density at radius 2 is 2.03 bits per heavy atom. The molecule has 1 atom stereocenters. The highest BCUT2D eigenvalue weighted by molar-refractivity contribution is 7.89. The summed E-state index contributed by atoms with van der Waals surface area (Å²) in [5.41, 5.74) is 2.29. The molecule has 0 radical (unpaired) electrons. The molecule has 0 fully saturated rings. The van der Waals surface area contributed by atoms with Gasteiger partial charge in [0, 0.05) is 36.8 Å². The van der Waals surface area contributed by atoms with E-state index in [9.17, 15) is 18.0 Å². The number of thiocarbonyl (C=S) groups is 1. The van der Waals surface area contributed by atoms with Gasteiger partial charge in [0.1, 0.15) is 16.9 Å². The molecule has 1 aromatic heterocycles. The van der Waals surface area contributed by atoms with Crippen LogP contribution < -0.4 is 20.1 Å². The van der Waals surface area contributed by atoms with Crippen molar-refractivity contribution in [1.29, 1.82) is 0 Å². The number of aldehydes is 1. The average Bonchev–Trinajstić information content (AvgIpc) is 2.83. The van der Waals surface area contributed by atoms with Gasteiger partial charge in [-0.25, -0.2) is 13.1 Å². The summed E-state index contributed by atoms with van der Waals surface area (Å²) in [6.07, 6.45) is 1.72. The van der Waals surface area contributed by atoms with Crippen LogP contribution in [0.5, 0.6) is 5.75 Å². The third-order valence-electron chi connectivity index (χ3n) is 4.95. The van der Waals surface area contributed by atoms with Gasteiger partial charge >= 0.3 is 5.97 Å². The highest BCUT2D eigenvalue weighted by Crippen LogP contribution is 2.28. The predicted octanol–water partition coefficient (Wildman–Crippen LogP) is 2.09. The summed E-state index contributed by atoms with van der Waals surface area (Å²) in [6, 6.07) is 12.3. The van der Waals surface area contributed by atoms with Crippen molar-refractivity contribution in [2.75, 3.05) is 19.0 Å². The molecule has 0 amide bonds. The number of hydrogen-bond donors (Lipinski definition) is 4. The molecule has 0 aliphatic heterocycles. The van der Waals surface area contributed by atoms with Crippen molar-refractivity contribution in [2.24, 2.45) is 0 Å². The van der Waals surface area contributed by atoms with E-state index in [0.717, 1.165) is 16.5 Å². The van der Waals surface area contributed by atoms with Gasteiger partial charge in [-0.05, 0) is 42.0 Å². The van der Waals surface area contributed by atoms with Gasteiger partial charge in [0.25, 0.3) is 0 Å². The predicted molar refractivity (Wildman–Crippen MR) is 135 cm³/mol. The minimum absolute atomic E-state index is 0.0136. The van der Waals surface area contributed by atoms with Crippen molar-refractivity contribution in [3.63, 3.8) is 0 Å². The minimum atomic E-state index is -4.28. The maximum Gasteiger partial charge on any atom is 0.305 e. The number of anilines is 1. The third kappa shape index (κ3) is 6.94. The van der Waals surface area contributed by atoms with Crippen molar-refractivity contribution < 1.29 is 27.9 Å². The molecule has 0 aliphatic rings. The number of nitrogens with one attached hydrogen (secondary N) is 3. The van der Waals surface area contributed by atoms with Crippen molar-refractivity contribution in [3.05, 3.63) is 60.3 Å². The zero-order valence-corrected chi connectivity index (χ0v) is 20.4. The first-order chi connectivity index (χ1) is 16.7. The standard InChI is InChI=1S/C23H24N4O6S2/c1-24-23(34)26-16-7-8-21(35(31,32)27-17(14-28)13-22(29)30)20(12-16)33-11-9-15-4-2-6-19-18(15)5-3-10-25-19/h2-8,10,12,14,17,27H,9,11,13H2,1H3,(H,29,30)(H2,24,26,34). The van der Waals surface area contributed by atoms with Gasteiger partial charge in [-0.3, -0.25) is 9.78 Å². The average molecular weight is 517 g/mol. The largest absolute Gasteiger partial charge is 0.492 e. The fourth-order valence-corrected chi connectivity index (χ4v) is 4.75. The Kier molecular flexibility index (Phi) is 8.68. The number of sulfonamides is 1. The lowest BCUT2D eigenvalue weighted by atomic mass is 10.1. The summed E-state index contributed by atoms with van der Waals surface area (Å²) in [5.74, 6) is -1.30. The van der Waals surface area contributed by atoms with Crippen LogP contribution in [0.2, 0.25) is 0 Å². The van der Waals surface area contributed by atoms with Gasteiger partial charge in [-0.15, -0.1) is 0 Å². The summed E-state index contributed by atoms with van der Waals surface area (Å²) in [7, 11) is -2.65. The molecule has 3 rings (SSSR count). The Balaban J connectivity index is 1.87. The Morgan fingerprint density at radius 3 is 2.74 bits per heavy atom. The summed E-state index contributed by atoms with van der Waals surface area (Å²) >= 11 is 5.10. The van der Waals surface area contributed by atoms with Gasteiger partial charge < -0.3 is 25.3 Å². The van der Waals surface area contributed by atoms with Crippen LogP contribution in [0.1, 0.15) is 12.0 Å². The molecule has 35 heavy (non-hydrogen) atoms. The van der Waals surface area contributed by atoms with E-state index in [1.807, 2.05) is 30.3 Å². The molecule has 0 spiro atoms. The van der Waals surface area contributed by atoms with Crippen LogP contribution in [0.4, 0.5) is 5.69 Å². The third-order valence-corrected chi connectivity index (χ3v) is 6.78. The number of aliphatic carboxylic acids is 1. The normalized spacial score (nSPS) is 12.0. The molecule has 4 N–H and O–H groups in total. The Bertz CT molecular complexity index is 1340. The Hall–Kier alpha value is -3.61. The summed E-state index contributed by atoms with van der Waals surface area (Å²) in [6.45, 7) is 0.142. The monoisotopic (exact) mass is 516 g/mol. The molecular formula is C23H24N4O6S2. The second-order valence-electron chi connectivity index (χ2n) is 7.41. The van der Waals surface area contributed by atoms with E-state index in [0.29, 0.717) is 17.2 Å². The van der Waals surface area contributed by atoms with E-state index in [4.69, 9.17) is 22.1 Å². The molecule has 1 unspecified atom stereocenters. The number of aromatic nitrogens is 1. The number of hydrogen-bond acceptors (Lipinski definition) is 7. The molecule has 3 aromatic rings. The molecule has 0 aliphatic carbocycles. The Labute approximate surface area is 207 Å². The smallest absolute Gasteiger partial charge is 0.305 e. The maximum atomic E-state index is 13.0. The number of nitrogens with zero attached hydrogens (tertiary/aromatic N) is 1. The zero-order chi connectivity index (χ0) is 25.4.